The molecule has 4 heteroatoms. The highest BCUT2D eigenvalue weighted by Gasteiger charge is 2.24. The second kappa shape index (κ2) is 5.67. The summed E-state index contributed by atoms with van der Waals surface area (Å²) < 4.78 is 11.0. The van der Waals surface area contributed by atoms with E-state index in [1.165, 1.54) is 0 Å². The zero-order chi connectivity index (χ0) is 13.9. The molecule has 0 radical (unpaired) electrons. The molecule has 4 nitrogen and oxygen atoms in total. The molecule has 1 aromatic heterocycles. The number of methoxy groups -OCH3 is 1. The molecule has 1 N–H and O–H groups in total. The third-order valence-corrected chi connectivity index (χ3v) is 4.05. The molecule has 1 aliphatic heterocycles. The van der Waals surface area contributed by atoms with Gasteiger partial charge in [-0.3, -0.25) is 0 Å². The summed E-state index contributed by atoms with van der Waals surface area (Å²) in [5.74, 6) is 2.35. The average Bonchev–Trinajstić information content (AvgIpc) is 2.89. The fourth-order valence-electron chi connectivity index (χ4n) is 2.77. The Bertz CT molecular complexity index is 600. The van der Waals surface area contributed by atoms with Crippen molar-refractivity contribution < 1.29 is 9.47 Å². The topological polar surface area (TPSA) is 43.4 Å². The van der Waals surface area contributed by atoms with Crippen LogP contribution >= 0.6 is 0 Å². The quantitative estimate of drug-likeness (QED) is 0.929. The average molecular weight is 272 g/mol. The third kappa shape index (κ3) is 2.43. The first-order valence-corrected chi connectivity index (χ1v) is 7.07. The number of anilines is 1. The van der Waals surface area contributed by atoms with Crippen LogP contribution < -0.4 is 10.1 Å². The number of rotatable bonds is 4. The molecule has 0 bridgehead atoms. The molecule has 20 heavy (non-hydrogen) atoms. The van der Waals surface area contributed by atoms with Gasteiger partial charge in [0.2, 0.25) is 0 Å². The maximum absolute atomic E-state index is 5.60. The van der Waals surface area contributed by atoms with Gasteiger partial charge in [-0.05, 0) is 25.5 Å². The molecule has 2 atom stereocenters. The first kappa shape index (κ1) is 13.2. The van der Waals surface area contributed by atoms with E-state index in [2.05, 4.69) is 23.3 Å². The Morgan fingerprint density at radius 2 is 2.25 bits per heavy atom. The minimum Gasteiger partial charge on any atom is -0.496 e. The van der Waals surface area contributed by atoms with E-state index < -0.39 is 0 Å². The van der Waals surface area contributed by atoms with Crippen molar-refractivity contribution in [2.75, 3.05) is 25.6 Å². The van der Waals surface area contributed by atoms with E-state index in [0.717, 1.165) is 41.9 Å². The number of ether oxygens (including phenoxy) is 2. The van der Waals surface area contributed by atoms with E-state index in [9.17, 15) is 0 Å². The number of aromatic nitrogens is 1. The van der Waals surface area contributed by atoms with Crippen LogP contribution in [0.25, 0.3) is 10.8 Å². The molecule has 3 rings (SSSR count). The standard InChI is InChI=1S/C16H20N2O2/c1-11-12(7-9-20-11)10-18-16-14-4-3-5-15(19-2)13(14)6-8-17-16/h3-6,8,11-12H,7,9-10H2,1-2H3,(H,17,18). The van der Waals surface area contributed by atoms with Crippen molar-refractivity contribution in [3.05, 3.63) is 30.5 Å². The van der Waals surface area contributed by atoms with Crippen LogP contribution in [0.4, 0.5) is 5.82 Å². The lowest BCUT2D eigenvalue weighted by atomic mass is 10.0. The van der Waals surface area contributed by atoms with Crippen molar-refractivity contribution in [2.45, 2.75) is 19.4 Å². The molecule has 2 unspecified atom stereocenters. The van der Waals surface area contributed by atoms with Crippen LogP contribution in [-0.2, 0) is 4.74 Å². The highest BCUT2D eigenvalue weighted by atomic mass is 16.5. The summed E-state index contributed by atoms with van der Waals surface area (Å²) in [6, 6.07) is 8.02. The summed E-state index contributed by atoms with van der Waals surface area (Å²) >= 11 is 0. The van der Waals surface area contributed by atoms with E-state index >= 15 is 0 Å². The van der Waals surface area contributed by atoms with Crippen LogP contribution in [0, 0.1) is 5.92 Å². The lowest BCUT2D eigenvalue weighted by Crippen LogP contribution is -2.21. The number of hydrogen-bond acceptors (Lipinski definition) is 4. The van der Waals surface area contributed by atoms with Crippen molar-refractivity contribution in [2.24, 2.45) is 5.92 Å². The molecule has 1 fully saturated rings. The Morgan fingerprint density at radius 3 is 3.00 bits per heavy atom. The SMILES string of the molecule is COc1cccc2c(NCC3CCOC3C)nccc12. The van der Waals surface area contributed by atoms with Crippen LogP contribution in [0.3, 0.4) is 0 Å². The Labute approximate surface area is 119 Å². The minimum absolute atomic E-state index is 0.326. The van der Waals surface area contributed by atoms with Gasteiger partial charge in [0.1, 0.15) is 11.6 Å². The van der Waals surface area contributed by atoms with Gasteiger partial charge in [-0.25, -0.2) is 4.98 Å². The van der Waals surface area contributed by atoms with E-state index in [1.54, 1.807) is 7.11 Å². The minimum atomic E-state index is 0.326. The van der Waals surface area contributed by atoms with E-state index in [0.29, 0.717) is 12.0 Å². The summed E-state index contributed by atoms with van der Waals surface area (Å²) in [6.45, 7) is 3.90. The van der Waals surface area contributed by atoms with Gasteiger partial charge in [0.15, 0.2) is 0 Å². The molecule has 0 aliphatic carbocycles. The molecule has 1 aromatic carbocycles. The van der Waals surface area contributed by atoms with E-state index in [1.807, 2.05) is 24.4 Å². The molecule has 0 amide bonds. The second-order valence-corrected chi connectivity index (χ2v) is 5.22. The predicted molar refractivity (Wildman–Crippen MR) is 80.3 cm³/mol. The largest absolute Gasteiger partial charge is 0.496 e. The molecular formula is C16H20N2O2. The number of fused-ring (bicyclic) bond motifs is 1. The molecule has 0 saturated carbocycles. The fourth-order valence-corrected chi connectivity index (χ4v) is 2.77. The first-order chi connectivity index (χ1) is 9.79. The second-order valence-electron chi connectivity index (χ2n) is 5.22. The van der Waals surface area contributed by atoms with Crippen LogP contribution in [-0.4, -0.2) is 31.3 Å². The number of pyridine rings is 1. The number of nitrogens with zero attached hydrogens (tertiary/aromatic N) is 1. The number of benzene rings is 1. The Balaban J connectivity index is 1.84. The summed E-state index contributed by atoms with van der Waals surface area (Å²) in [7, 11) is 1.69. The summed E-state index contributed by atoms with van der Waals surface area (Å²) in [5, 5.41) is 5.65. The predicted octanol–water partition coefficient (Wildman–Crippen LogP) is 3.08. The van der Waals surface area contributed by atoms with Gasteiger partial charge in [-0.15, -0.1) is 0 Å². The highest BCUT2D eigenvalue weighted by Crippen LogP contribution is 2.29. The zero-order valence-corrected chi connectivity index (χ0v) is 11.9. The van der Waals surface area contributed by atoms with E-state index in [-0.39, 0.29) is 0 Å². The smallest absolute Gasteiger partial charge is 0.133 e. The highest BCUT2D eigenvalue weighted by molar-refractivity contribution is 5.95. The van der Waals surface area contributed by atoms with E-state index in [4.69, 9.17) is 9.47 Å². The molecule has 1 saturated heterocycles. The maximum Gasteiger partial charge on any atom is 0.133 e. The van der Waals surface area contributed by atoms with Gasteiger partial charge >= 0.3 is 0 Å². The van der Waals surface area contributed by atoms with Crippen LogP contribution in [0.5, 0.6) is 5.75 Å². The van der Waals surface area contributed by atoms with Crippen molar-refractivity contribution in [1.29, 1.82) is 0 Å². The van der Waals surface area contributed by atoms with Gasteiger partial charge in [0.25, 0.3) is 0 Å². The molecule has 2 heterocycles. The monoisotopic (exact) mass is 272 g/mol. The van der Waals surface area contributed by atoms with Gasteiger partial charge in [0.05, 0.1) is 13.2 Å². The molecule has 106 valence electrons. The lowest BCUT2D eigenvalue weighted by molar-refractivity contribution is 0.108. The van der Waals surface area contributed by atoms with Crippen molar-refractivity contribution >= 4 is 16.6 Å². The van der Waals surface area contributed by atoms with Gasteiger partial charge in [0, 0.05) is 36.0 Å². The number of hydrogen-bond donors (Lipinski definition) is 1. The lowest BCUT2D eigenvalue weighted by Gasteiger charge is -2.16. The molecule has 1 aliphatic rings. The normalized spacial score (nSPS) is 22.1. The van der Waals surface area contributed by atoms with Crippen molar-refractivity contribution in [1.82, 2.24) is 4.98 Å². The van der Waals surface area contributed by atoms with Crippen molar-refractivity contribution in [3.8, 4) is 5.75 Å². The molecular weight excluding hydrogens is 252 g/mol. The van der Waals surface area contributed by atoms with Crippen LogP contribution in [0.15, 0.2) is 30.5 Å². The van der Waals surface area contributed by atoms with Gasteiger partial charge in [-0.2, -0.15) is 0 Å². The zero-order valence-electron chi connectivity index (χ0n) is 11.9. The number of nitrogens with one attached hydrogen (secondary N) is 1. The van der Waals surface area contributed by atoms with Crippen molar-refractivity contribution in [3.63, 3.8) is 0 Å². The molecule has 0 spiro atoms. The molecule has 2 aromatic rings. The third-order valence-electron chi connectivity index (χ3n) is 4.05. The summed E-state index contributed by atoms with van der Waals surface area (Å²) in [5.41, 5.74) is 0. The fraction of sp³-hybridized carbons (Fsp3) is 0.438. The van der Waals surface area contributed by atoms with Crippen LogP contribution in [0.2, 0.25) is 0 Å². The Kier molecular flexibility index (Phi) is 3.74. The maximum atomic E-state index is 5.60. The summed E-state index contributed by atoms with van der Waals surface area (Å²) in [4.78, 5) is 4.46. The van der Waals surface area contributed by atoms with Gasteiger partial charge < -0.3 is 14.8 Å². The first-order valence-electron chi connectivity index (χ1n) is 7.07. The van der Waals surface area contributed by atoms with Gasteiger partial charge in [-0.1, -0.05) is 12.1 Å². The summed E-state index contributed by atoms with van der Waals surface area (Å²) in [6.07, 6.45) is 3.26. The Hall–Kier alpha value is -1.81. The van der Waals surface area contributed by atoms with Crippen LogP contribution in [0.1, 0.15) is 13.3 Å². The Morgan fingerprint density at radius 1 is 1.35 bits per heavy atom.